The highest BCUT2D eigenvalue weighted by Crippen LogP contribution is 2.26. The Morgan fingerprint density at radius 2 is 2.05 bits per heavy atom. The van der Waals surface area contributed by atoms with Crippen molar-refractivity contribution in [2.45, 2.75) is 46.2 Å². The second-order valence-electron chi connectivity index (χ2n) is 5.42. The Morgan fingerprint density at radius 1 is 1.38 bits per heavy atom. The minimum absolute atomic E-state index is 0.0490. The van der Waals surface area contributed by atoms with Crippen molar-refractivity contribution >= 4 is 23.3 Å². The van der Waals surface area contributed by atoms with Gasteiger partial charge in [-0.15, -0.1) is 11.3 Å². The molecule has 0 aliphatic carbocycles. The van der Waals surface area contributed by atoms with Gasteiger partial charge in [0.05, 0.1) is 12.5 Å². The molecule has 2 unspecified atom stereocenters. The largest absolute Gasteiger partial charge is 0.481 e. The summed E-state index contributed by atoms with van der Waals surface area (Å²) in [4.78, 5) is 25.9. The van der Waals surface area contributed by atoms with Crippen molar-refractivity contribution in [3.05, 3.63) is 22.4 Å². The molecule has 1 aromatic heterocycles. The monoisotopic (exact) mass is 312 g/mol. The predicted octanol–water partition coefficient (Wildman–Crippen LogP) is 3.34. The summed E-state index contributed by atoms with van der Waals surface area (Å²) in [5.74, 6) is -0.631. The number of hydrogen-bond acceptors (Lipinski definition) is 3. The number of carboxylic acid groups (broad SMARTS) is 1. The number of carbonyl (C=O) groups excluding carboxylic acids is 1. The molecule has 0 saturated carbocycles. The Labute approximate surface area is 130 Å². The standard InChI is InChI=1S/C15H24N2O3S/c1-5-17(11(4)9-13(18)19)15(20)16-14(10(2)3)12-7-6-8-21-12/h6-8,10-11,14H,5,9H2,1-4H3,(H,16,20)(H,18,19). The van der Waals surface area contributed by atoms with Gasteiger partial charge in [-0.1, -0.05) is 19.9 Å². The Bertz CT molecular complexity index is 459. The third-order valence-electron chi connectivity index (χ3n) is 3.40. The van der Waals surface area contributed by atoms with Crippen LogP contribution < -0.4 is 5.32 Å². The number of rotatable bonds is 7. The van der Waals surface area contributed by atoms with Gasteiger partial charge in [0.25, 0.3) is 0 Å². The number of thiophene rings is 1. The van der Waals surface area contributed by atoms with E-state index in [9.17, 15) is 9.59 Å². The first-order valence-electron chi connectivity index (χ1n) is 7.19. The van der Waals surface area contributed by atoms with Gasteiger partial charge in [-0.25, -0.2) is 4.79 Å². The zero-order valence-corrected chi connectivity index (χ0v) is 13.8. The van der Waals surface area contributed by atoms with Crippen LogP contribution in [0.2, 0.25) is 0 Å². The number of amides is 2. The molecule has 0 radical (unpaired) electrons. The number of carbonyl (C=O) groups is 2. The molecule has 118 valence electrons. The first-order valence-corrected chi connectivity index (χ1v) is 8.07. The van der Waals surface area contributed by atoms with Crippen LogP contribution in [0, 0.1) is 5.92 Å². The Hall–Kier alpha value is -1.56. The lowest BCUT2D eigenvalue weighted by atomic mass is 10.0. The van der Waals surface area contributed by atoms with Crippen molar-refractivity contribution in [3.63, 3.8) is 0 Å². The lowest BCUT2D eigenvalue weighted by Crippen LogP contribution is -2.47. The normalized spacial score (nSPS) is 13.8. The van der Waals surface area contributed by atoms with E-state index >= 15 is 0 Å². The zero-order valence-electron chi connectivity index (χ0n) is 13.0. The van der Waals surface area contributed by atoms with Gasteiger partial charge in [0, 0.05) is 17.5 Å². The quantitative estimate of drug-likeness (QED) is 0.811. The molecule has 5 nitrogen and oxygen atoms in total. The fourth-order valence-corrected chi connectivity index (χ4v) is 3.22. The third kappa shape index (κ3) is 5.04. The molecule has 0 fully saturated rings. The van der Waals surface area contributed by atoms with Crippen LogP contribution in [0.1, 0.15) is 45.0 Å². The number of nitrogens with one attached hydrogen (secondary N) is 1. The van der Waals surface area contributed by atoms with Crippen molar-refractivity contribution in [1.29, 1.82) is 0 Å². The van der Waals surface area contributed by atoms with E-state index in [0.29, 0.717) is 6.54 Å². The Kier molecular flexibility index (Phi) is 6.68. The fraction of sp³-hybridized carbons (Fsp3) is 0.600. The molecule has 0 aliphatic rings. The number of nitrogens with zero attached hydrogens (tertiary/aromatic N) is 1. The van der Waals surface area contributed by atoms with Gasteiger partial charge in [-0.05, 0) is 31.2 Å². The van der Waals surface area contributed by atoms with Crippen molar-refractivity contribution in [3.8, 4) is 0 Å². The van der Waals surface area contributed by atoms with Crippen LogP contribution in [0.3, 0.4) is 0 Å². The minimum Gasteiger partial charge on any atom is -0.481 e. The average Bonchev–Trinajstić information content (AvgIpc) is 2.88. The van der Waals surface area contributed by atoms with Crippen LogP contribution in [0.5, 0.6) is 0 Å². The van der Waals surface area contributed by atoms with E-state index in [1.807, 2.05) is 24.4 Å². The maximum atomic E-state index is 12.4. The van der Waals surface area contributed by atoms with E-state index in [1.54, 1.807) is 23.2 Å². The summed E-state index contributed by atoms with van der Waals surface area (Å²) in [6.45, 7) is 8.21. The molecule has 2 atom stereocenters. The summed E-state index contributed by atoms with van der Waals surface area (Å²) in [7, 11) is 0. The van der Waals surface area contributed by atoms with E-state index in [-0.39, 0.29) is 30.5 Å². The van der Waals surface area contributed by atoms with Crippen LogP contribution in [-0.4, -0.2) is 34.6 Å². The summed E-state index contributed by atoms with van der Waals surface area (Å²) in [5, 5.41) is 13.9. The minimum atomic E-state index is -0.896. The van der Waals surface area contributed by atoms with Gasteiger partial charge >= 0.3 is 12.0 Å². The maximum Gasteiger partial charge on any atom is 0.318 e. The van der Waals surface area contributed by atoms with Gasteiger partial charge in [-0.2, -0.15) is 0 Å². The highest BCUT2D eigenvalue weighted by Gasteiger charge is 2.25. The molecule has 0 aromatic carbocycles. The van der Waals surface area contributed by atoms with E-state index in [2.05, 4.69) is 19.2 Å². The van der Waals surface area contributed by atoms with Gasteiger partial charge in [0.1, 0.15) is 0 Å². The van der Waals surface area contributed by atoms with Crippen LogP contribution >= 0.6 is 11.3 Å². The van der Waals surface area contributed by atoms with Gasteiger partial charge in [0.15, 0.2) is 0 Å². The fourth-order valence-electron chi connectivity index (χ4n) is 2.27. The summed E-state index contributed by atoms with van der Waals surface area (Å²) in [5.41, 5.74) is 0. The van der Waals surface area contributed by atoms with Gasteiger partial charge in [-0.3, -0.25) is 4.79 Å². The van der Waals surface area contributed by atoms with Crippen molar-refractivity contribution in [2.75, 3.05) is 6.54 Å². The first kappa shape index (κ1) is 17.5. The molecule has 0 bridgehead atoms. The van der Waals surface area contributed by atoms with Crippen molar-refractivity contribution in [1.82, 2.24) is 10.2 Å². The van der Waals surface area contributed by atoms with E-state index in [1.165, 1.54) is 0 Å². The van der Waals surface area contributed by atoms with Crippen LogP contribution in [0.15, 0.2) is 17.5 Å². The molecule has 2 amide bonds. The molecule has 0 aliphatic heterocycles. The Balaban J connectivity index is 2.77. The molecule has 1 rings (SSSR count). The van der Waals surface area contributed by atoms with Crippen molar-refractivity contribution < 1.29 is 14.7 Å². The molecular formula is C15H24N2O3S. The molecule has 0 spiro atoms. The third-order valence-corrected chi connectivity index (χ3v) is 4.35. The molecule has 1 heterocycles. The molecule has 2 N–H and O–H groups in total. The zero-order chi connectivity index (χ0) is 16.0. The van der Waals surface area contributed by atoms with Crippen molar-refractivity contribution in [2.24, 2.45) is 5.92 Å². The molecule has 21 heavy (non-hydrogen) atoms. The lowest BCUT2D eigenvalue weighted by molar-refractivity contribution is -0.138. The number of carboxylic acids is 1. The van der Waals surface area contributed by atoms with Crippen LogP contribution in [-0.2, 0) is 4.79 Å². The second kappa shape index (κ2) is 8.02. The Morgan fingerprint density at radius 3 is 2.48 bits per heavy atom. The molecular weight excluding hydrogens is 288 g/mol. The number of aliphatic carboxylic acids is 1. The first-order chi connectivity index (χ1) is 9.86. The SMILES string of the molecule is CCN(C(=O)NC(c1cccs1)C(C)C)C(C)CC(=O)O. The van der Waals surface area contributed by atoms with Gasteiger partial charge < -0.3 is 15.3 Å². The van der Waals surface area contributed by atoms with E-state index < -0.39 is 5.97 Å². The van der Waals surface area contributed by atoms with E-state index in [0.717, 1.165) is 4.88 Å². The second-order valence-corrected chi connectivity index (χ2v) is 6.40. The summed E-state index contributed by atoms with van der Waals surface area (Å²) in [6, 6.07) is 3.38. The van der Waals surface area contributed by atoms with E-state index in [4.69, 9.17) is 5.11 Å². The molecule has 0 saturated heterocycles. The molecule has 1 aromatic rings. The maximum absolute atomic E-state index is 12.4. The van der Waals surface area contributed by atoms with Crippen LogP contribution in [0.4, 0.5) is 4.79 Å². The smallest absolute Gasteiger partial charge is 0.318 e. The number of urea groups is 1. The summed E-state index contributed by atoms with van der Waals surface area (Å²) >= 11 is 1.61. The number of hydrogen-bond donors (Lipinski definition) is 2. The topological polar surface area (TPSA) is 69.6 Å². The van der Waals surface area contributed by atoms with Gasteiger partial charge in [0.2, 0.25) is 0 Å². The lowest BCUT2D eigenvalue weighted by Gasteiger charge is -2.30. The summed E-state index contributed by atoms with van der Waals surface area (Å²) < 4.78 is 0. The summed E-state index contributed by atoms with van der Waals surface area (Å²) in [6.07, 6.45) is -0.0490. The average molecular weight is 312 g/mol. The predicted molar refractivity (Wildman–Crippen MR) is 84.5 cm³/mol. The highest BCUT2D eigenvalue weighted by atomic mass is 32.1. The highest BCUT2D eigenvalue weighted by molar-refractivity contribution is 7.10. The van der Waals surface area contributed by atoms with Crippen LogP contribution in [0.25, 0.3) is 0 Å². The molecule has 6 heteroatoms.